The average Bonchev–Trinajstić information content (AvgIpc) is 2.67. The quantitative estimate of drug-likeness (QED) is 0.268. The number of aryl methyl sites for hydroxylation is 2. The van der Waals surface area contributed by atoms with Gasteiger partial charge in [0.1, 0.15) is 0 Å². The molecular weight excluding hydrogens is 344 g/mol. The second kappa shape index (κ2) is 16.6. The summed E-state index contributed by atoms with van der Waals surface area (Å²) in [6.45, 7) is 4.14. The molecule has 1 amide bonds. The van der Waals surface area contributed by atoms with Crippen molar-refractivity contribution in [2.75, 3.05) is 0 Å². The molecule has 1 heterocycles. The molecule has 0 aliphatic rings. The average molecular weight is 389 g/mol. The van der Waals surface area contributed by atoms with Gasteiger partial charge in [0.15, 0.2) is 0 Å². The standard InChI is InChI=1S/C25H44N2O/c1-3-4-5-6-7-8-9-10-11-12-13-14-15-16-17-18-19-23-20-21-27-22(2)24(23)25(26)28/h20-21H,3-19H2,1-2H3,(H2,26,28). The highest BCUT2D eigenvalue weighted by atomic mass is 16.1. The lowest BCUT2D eigenvalue weighted by Gasteiger charge is -2.08. The summed E-state index contributed by atoms with van der Waals surface area (Å²) in [6, 6.07) is 1.94. The fourth-order valence-corrected chi connectivity index (χ4v) is 4.03. The van der Waals surface area contributed by atoms with Crippen molar-refractivity contribution in [1.82, 2.24) is 4.98 Å². The topological polar surface area (TPSA) is 56.0 Å². The van der Waals surface area contributed by atoms with Crippen molar-refractivity contribution in [3.8, 4) is 0 Å². The van der Waals surface area contributed by atoms with Gasteiger partial charge in [0.25, 0.3) is 5.91 Å². The van der Waals surface area contributed by atoms with Crippen LogP contribution in [0.4, 0.5) is 0 Å². The van der Waals surface area contributed by atoms with Gasteiger partial charge < -0.3 is 5.73 Å². The fourth-order valence-electron chi connectivity index (χ4n) is 4.03. The summed E-state index contributed by atoms with van der Waals surface area (Å²) in [5, 5.41) is 0. The third-order valence-corrected chi connectivity index (χ3v) is 5.77. The first-order valence-corrected chi connectivity index (χ1v) is 11.9. The number of primary amides is 1. The molecule has 0 spiro atoms. The summed E-state index contributed by atoms with van der Waals surface area (Å²) >= 11 is 0. The Morgan fingerprint density at radius 3 is 1.64 bits per heavy atom. The van der Waals surface area contributed by atoms with Crippen LogP contribution in [0, 0.1) is 6.92 Å². The molecule has 0 unspecified atom stereocenters. The van der Waals surface area contributed by atoms with Gasteiger partial charge in [0.2, 0.25) is 0 Å². The third-order valence-electron chi connectivity index (χ3n) is 5.77. The van der Waals surface area contributed by atoms with Gasteiger partial charge in [-0.1, -0.05) is 103 Å². The number of unbranched alkanes of at least 4 members (excludes halogenated alkanes) is 15. The van der Waals surface area contributed by atoms with E-state index in [2.05, 4.69) is 11.9 Å². The van der Waals surface area contributed by atoms with E-state index in [1.54, 1.807) is 6.20 Å². The number of nitrogens with two attached hydrogens (primary N) is 1. The highest BCUT2D eigenvalue weighted by molar-refractivity contribution is 5.95. The number of carbonyl (C=O) groups is 1. The SMILES string of the molecule is CCCCCCCCCCCCCCCCCCc1ccnc(C)c1C(N)=O. The molecule has 3 heteroatoms. The Balaban J connectivity index is 1.91. The van der Waals surface area contributed by atoms with Crippen molar-refractivity contribution in [2.45, 2.75) is 123 Å². The van der Waals surface area contributed by atoms with E-state index in [0.717, 1.165) is 24.1 Å². The van der Waals surface area contributed by atoms with Gasteiger partial charge >= 0.3 is 0 Å². The Kier molecular flexibility index (Phi) is 14.6. The molecule has 28 heavy (non-hydrogen) atoms. The van der Waals surface area contributed by atoms with Gasteiger partial charge in [-0.2, -0.15) is 0 Å². The summed E-state index contributed by atoms with van der Waals surface area (Å²) in [5.41, 5.74) is 7.94. The van der Waals surface area contributed by atoms with Crippen LogP contribution in [-0.2, 0) is 6.42 Å². The Labute approximate surface area is 173 Å². The highest BCUT2D eigenvalue weighted by Crippen LogP contribution is 2.17. The van der Waals surface area contributed by atoms with Crippen LogP contribution in [0.1, 0.15) is 131 Å². The summed E-state index contributed by atoms with van der Waals surface area (Å²) < 4.78 is 0. The van der Waals surface area contributed by atoms with Crippen molar-refractivity contribution in [3.63, 3.8) is 0 Å². The fraction of sp³-hybridized carbons (Fsp3) is 0.760. The molecule has 0 aliphatic heterocycles. The first-order chi connectivity index (χ1) is 13.7. The molecule has 160 valence electrons. The van der Waals surface area contributed by atoms with E-state index in [4.69, 9.17) is 5.73 Å². The van der Waals surface area contributed by atoms with Crippen molar-refractivity contribution in [2.24, 2.45) is 5.73 Å². The van der Waals surface area contributed by atoms with Crippen LogP contribution in [0.5, 0.6) is 0 Å². The number of nitrogens with zero attached hydrogens (tertiary/aromatic N) is 1. The molecule has 1 aromatic heterocycles. The van der Waals surface area contributed by atoms with E-state index in [1.165, 1.54) is 96.3 Å². The molecule has 0 aliphatic carbocycles. The predicted molar refractivity (Wildman–Crippen MR) is 121 cm³/mol. The number of hydrogen-bond donors (Lipinski definition) is 1. The maximum Gasteiger partial charge on any atom is 0.250 e. The Hall–Kier alpha value is -1.38. The Morgan fingerprint density at radius 1 is 0.786 bits per heavy atom. The van der Waals surface area contributed by atoms with Crippen LogP contribution in [-0.4, -0.2) is 10.9 Å². The van der Waals surface area contributed by atoms with Crippen molar-refractivity contribution < 1.29 is 4.79 Å². The van der Waals surface area contributed by atoms with E-state index in [0.29, 0.717) is 5.56 Å². The third kappa shape index (κ3) is 11.5. The number of carbonyl (C=O) groups excluding carboxylic acids is 1. The minimum absolute atomic E-state index is 0.350. The van der Waals surface area contributed by atoms with E-state index in [1.807, 2.05) is 13.0 Å². The van der Waals surface area contributed by atoms with E-state index in [-0.39, 0.29) is 5.91 Å². The lowest BCUT2D eigenvalue weighted by Crippen LogP contribution is -2.16. The maximum absolute atomic E-state index is 11.6. The lowest BCUT2D eigenvalue weighted by molar-refractivity contribution is 0.0998. The zero-order chi connectivity index (χ0) is 20.5. The Morgan fingerprint density at radius 2 is 1.21 bits per heavy atom. The predicted octanol–water partition coefficient (Wildman–Crippen LogP) is 7.29. The minimum Gasteiger partial charge on any atom is -0.366 e. The van der Waals surface area contributed by atoms with Crippen LogP contribution in [0.2, 0.25) is 0 Å². The van der Waals surface area contributed by atoms with Crippen LogP contribution in [0.15, 0.2) is 12.3 Å². The van der Waals surface area contributed by atoms with Gasteiger partial charge in [-0.05, 0) is 31.4 Å². The van der Waals surface area contributed by atoms with E-state index < -0.39 is 0 Å². The van der Waals surface area contributed by atoms with Crippen molar-refractivity contribution in [1.29, 1.82) is 0 Å². The lowest BCUT2D eigenvalue weighted by atomic mass is 9.99. The first kappa shape index (κ1) is 24.7. The van der Waals surface area contributed by atoms with Gasteiger partial charge in [0, 0.05) is 6.20 Å². The molecule has 1 aromatic rings. The zero-order valence-electron chi connectivity index (χ0n) is 18.6. The molecule has 0 aromatic carbocycles. The number of aromatic nitrogens is 1. The van der Waals surface area contributed by atoms with Gasteiger partial charge in [0.05, 0.1) is 11.3 Å². The molecule has 0 saturated heterocycles. The summed E-state index contributed by atoms with van der Waals surface area (Å²) in [6.07, 6.45) is 24.7. The smallest absolute Gasteiger partial charge is 0.250 e. The molecule has 0 saturated carbocycles. The molecule has 0 fully saturated rings. The van der Waals surface area contributed by atoms with Crippen LogP contribution in [0.3, 0.4) is 0 Å². The van der Waals surface area contributed by atoms with E-state index in [9.17, 15) is 4.79 Å². The first-order valence-electron chi connectivity index (χ1n) is 11.9. The molecule has 1 rings (SSSR count). The molecule has 0 bridgehead atoms. The maximum atomic E-state index is 11.6. The zero-order valence-corrected chi connectivity index (χ0v) is 18.6. The summed E-state index contributed by atoms with van der Waals surface area (Å²) in [7, 11) is 0. The molecule has 0 atom stereocenters. The molecule has 2 N–H and O–H groups in total. The van der Waals surface area contributed by atoms with Crippen LogP contribution >= 0.6 is 0 Å². The normalized spacial score (nSPS) is 11.1. The second-order valence-electron chi connectivity index (χ2n) is 8.35. The van der Waals surface area contributed by atoms with Gasteiger partial charge in [-0.3, -0.25) is 9.78 Å². The number of rotatable bonds is 18. The van der Waals surface area contributed by atoms with Gasteiger partial charge in [-0.15, -0.1) is 0 Å². The monoisotopic (exact) mass is 388 g/mol. The summed E-state index contributed by atoms with van der Waals surface area (Å²) in [4.78, 5) is 15.8. The molecule has 0 radical (unpaired) electrons. The molecular formula is C25H44N2O. The van der Waals surface area contributed by atoms with Crippen molar-refractivity contribution >= 4 is 5.91 Å². The largest absolute Gasteiger partial charge is 0.366 e. The van der Waals surface area contributed by atoms with Crippen LogP contribution in [0.25, 0.3) is 0 Å². The minimum atomic E-state index is -0.350. The number of amides is 1. The van der Waals surface area contributed by atoms with Crippen molar-refractivity contribution in [3.05, 3.63) is 29.1 Å². The summed E-state index contributed by atoms with van der Waals surface area (Å²) in [5.74, 6) is -0.350. The Bertz CT molecular complexity index is 527. The molecule has 3 nitrogen and oxygen atoms in total. The van der Waals surface area contributed by atoms with E-state index >= 15 is 0 Å². The second-order valence-corrected chi connectivity index (χ2v) is 8.35. The number of pyridine rings is 1. The van der Waals surface area contributed by atoms with Gasteiger partial charge in [-0.25, -0.2) is 0 Å². The number of hydrogen-bond acceptors (Lipinski definition) is 2. The van der Waals surface area contributed by atoms with Crippen LogP contribution < -0.4 is 5.73 Å². The highest BCUT2D eigenvalue weighted by Gasteiger charge is 2.11.